The number of hydrogen-bond acceptors (Lipinski definition) is 3. The molecule has 0 heterocycles. The summed E-state index contributed by atoms with van der Waals surface area (Å²) in [5.41, 5.74) is 1.92. The fraction of sp³-hybridized carbons (Fsp3) is 0.111. The monoisotopic (exact) mass is 329 g/mol. The Morgan fingerprint density at radius 3 is 2.13 bits per heavy atom. The molecule has 0 atom stereocenters. The summed E-state index contributed by atoms with van der Waals surface area (Å²) in [7, 11) is 1.27. The molecule has 0 radical (unpaired) electrons. The molecule has 1 amide bonds. The van der Waals surface area contributed by atoms with Crippen LogP contribution in [-0.2, 0) is 9.53 Å². The van der Waals surface area contributed by atoms with Crippen molar-refractivity contribution in [3.8, 4) is 0 Å². The Kier molecular flexibility index (Phi) is 5.55. The molecule has 118 valence electrons. The van der Waals surface area contributed by atoms with Gasteiger partial charge in [0.05, 0.1) is 7.11 Å². The SMILES string of the molecule is COC(=O)C(NC(=O)c1ccccc1)=C(C)c1ccc(Cl)cc1. The minimum Gasteiger partial charge on any atom is -0.464 e. The highest BCUT2D eigenvalue weighted by molar-refractivity contribution is 6.30. The molecule has 1 N–H and O–H groups in total. The van der Waals surface area contributed by atoms with E-state index in [1.54, 1.807) is 55.5 Å². The summed E-state index contributed by atoms with van der Waals surface area (Å²) < 4.78 is 4.78. The molecule has 2 aromatic carbocycles. The molecule has 0 saturated carbocycles. The van der Waals surface area contributed by atoms with Gasteiger partial charge in [-0.1, -0.05) is 41.9 Å². The maximum Gasteiger partial charge on any atom is 0.354 e. The fourth-order valence-corrected chi connectivity index (χ4v) is 2.15. The van der Waals surface area contributed by atoms with Crippen LogP contribution in [0.15, 0.2) is 60.3 Å². The van der Waals surface area contributed by atoms with Crippen LogP contribution in [0.3, 0.4) is 0 Å². The van der Waals surface area contributed by atoms with E-state index in [9.17, 15) is 9.59 Å². The van der Waals surface area contributed by atoms with Gasteiger partial charge in [0, 0.05) is 10.6 Å². The van der Waals surface area contributed by atoms with Crippen LogP contribution >= 0.6 is 11.6 Å². The van der Waals surface area contributed by atoms with Gasteiger partial charge in [-0.05, 0) is 42.3 Å². The summed E-state index contributed by atoms with van der Waals surface area (Å²) in [4.78, 5) is 24.3. The van der Waals surface area contributed by atoms with Crippen LogP contribution in [0.25, 0.3) is 5.57 Å². The lowest BCUT2D eigenvalue weighted by Crippen LogP contribution is -2.29. The normalized spacial score (nSPS) is 11.4. The average Bonchev–Trinajstić information content (AvgIpc) is 2.59. The number of rotatable bonds is 4. The quantitative estimate of drug-likeness (QED) is 0.687. The van der Waals surface area contributed by atoms with Crippen LogP contribution in [0, 0.1) is 0 Å². The van der Waals surface area contributed by atoms with E-state index in [-0.39, 0.29) is 11.6 Å². The van der Waals surface area contributed by atoms with Crippen LogP contribution in [0.5, 0.6) is 0 Å². The van der Waals surface area contributed by atoms with Gasteiger partial charge in [0.2, 0.25) is 0 Å². The standard InChI is InChI=1S/C18H16ClNO3/c1-12(13-8-10-15(19)11-9-13)16(18(22)23-2)20-17(21)14-6-4-3-5-7-14/h3-11H,1-2H3,(H,20,21). The Morgan fingerprint density at radius 1 is 0.957 bits per heavy atom. The molecule has 0 fully saturated rings. The summed E-state index contributed by atoms with van der Waals surface area (Å²) >= 11 is 5.87. The summed E-state index contributed by atoms with van der Waals surface area (Å²) in [6, 6.07) is 15.6. The van der Waals surface area contributed by atoms with E-state index in [4.69, 9.17) is 16.3 Å². The average molecular weight is 330 g/mol. The fourth-order valence-electron chi connectivity index (χ4n) is 2.02. The largest absolute Gasteiger partial charge is 0.464 e. The Labute approximate surface area is 139 Å². The number of methoxy groups -OCH3 is 1. The number of hydrogen-bond donors (Lipinski definition) is 1. The van der Waals surface area contributed by atoms with Gasteiger partial charge in [-0.15, -0.1) is 0 Å². The topological polar surface area (TPSA) is 55.4 Å². The molecule has 0 aromatic heterocycles. The van der Waals surface area contributed by atoms with Crippen molar-refractivity contribution >= 4 is 29.1 Å². The second-order valence-electron chi connectivity index (χ2n) is 4.82. The Bertz CT molecular complexity index is 737. The Balaban J connectivity index is 2.37. The number of halogens is 1. The van der Waals surface area contributed by atoms with Crippen LogP contribution in [-0.4, -0.2) is 19.0 Å². The van der Waals surface area contributed by atoms with Gasteiger partial charge < -0.3 is 10.1 Å². The third kappa shape index (κ3) is 4.20. The molecule has 4 nitrogen and oxygen atoms in total. The number of esters is 1. The van der Waals surface area contributed by atoms with E-state index in [2.05, 4.69) is 5.32 Å². The molecule has 0 aliphatic rings. The third-order valence-electron chi connectivity index (χ3n) is 3.32. The van der Waals surface area contributed by atoms with Crippen molar-refractivity contribution in [2.75, 3.05) is 7.11 Å². The van der Waals surface area contributed by atoms with Gasteiger partial charge in [0.25, 0.3) is 5.91 Å². The van der Waals surface area contributed by atoms with Crippen LogP contribution in [0.1, 0.15) is 22.8 Å². The van der Waals surface area contributed by atoms with Gasteiger partial charge in [-0.3, -0.25) is 4.79 Å². The number of carbonyl (C=O) groups excluding carboxylic acids is 2. The molecule has 0 spiro atoms. The van der Waals surface area contributed by atoms with Gasteiger partial charge in [-0.2, -0.15) is 0 Å². The zero-order valence-corrected chi connectivity index (χ0v) is 13.6. The summed E-state index contributed by atoms with van der Waals surface area (Å²) in [6.45, 7) is 1.74. The van der Waals surface area contributed by atoms with Gasteiger partial charge in [0.15, 0.2) is 0 Å². The lowest BCUT2D eigenvalue weighted by Gasteiger charge is -2.12. The van der Waals surface area contributed by atoms with E-state index in [1.165, 1.54) is 7.11 Å². The predicted octanol–water partition coefficient (Wildman–Crippen LogP) is 3.67. The van der Waals surface area contributed by atoms with Gasteiger partial charge in [-0.25, -0.2) is 4.79 Å². The molecule has 0 aliphatic carbocycles. The van der Waals surface area contributed by atoms with Crippen LogP contribution in [0.2, 0.25) is 5.02 Å². The number of carbonyl (C=O) groups is 2. The molecule has 0 aliphatic heterocycles. The minimum absolute atomic E-state index is 0.101. The molecule has 2 aromatic rings. The molecule has 5 heteroatoms. The third-order valence-corrected chi connectivity index (χ3v) is 3.57. The first-order valence-electron chi connectivity index (χ1n) is 6.94. The van der Waals surface area contributed by atoms with Crippen molar-refractivity contribution in [3.05, 3.63) is 76.4 Å². The molecular weight excluding hydrogens is 314 g/mol. The van der Waals surface area contributed by atoms with Crippen molar-refractivity contribution in [2.24, 2.45) is 0 Å². The van der Waals surface area contributed by atoms with E-state index in [0.717, 1.165) is 5.56 Å². The highest BCUT2D eigenvalue weighted by Crippen LogP contribution is 2.20. The van der Waals surface area contributed by atoms with Crippen LogP contribution in [0.4, 0.5) is 0 Å². The Morgan fingerprint density at radius 2 is 1.57 bits per heavy atom. The second kappa shape index (κ2) is 7.61. The summed E-state index contributed by atoms with van der Waals surface area (Å²) in [5.74, 6) is -0.985. The highest BCUT2D eigenvalue weighted by atomic mass is 35.5. The summed E-state index contributed by atoms with van der Waals surface area (Å²) in [5, 5.41) is 3.22. The molecule has 23 heavy (non-hydrogen) atoms. The number of allylic oxidation sites excluding steroid dienone is 1. The molecule has 0 bridgehead atoms. The maximum absolute atomic E-state index is 12.3. The molecule has 2 rings (SSSR count). The zero-order chi connectivity index (χ0) is 16.8. The van der Waals surface area contributed by atoms with Crippen molar-refractivity contribution in [2.45, 2.75) is 6.92 Å². The maximum atomic E-state index is 12.3. The molecular formula is C18H16ClNO3. The van der Waals surface area contributed by atoms with E-state index < -0.39 is 5.97 Å². The smallest absolute Gasteiger partial charge is 0.354 e. The van der Waals surface area contributed by atoms with Crippen molar-refractivity contribution in [1.29, 1.82) is 0 Å². The predicted molar refractivity (Wildman–Crippen MR) is 90.0 cm³/mol. The molecule has 0 saturated heterocycles. The zero-order valence-electron chi connectivity index (χ0n) is 12.8. The van der Waals surface area contributed by atoms with Crippen molar-refractivity contribution in [1.82, 2.24) is 5.32 Å². The van der Waals surface area contributed by atoms with E-state index in [1.807, 2.05) is 6.07 Å². The molecule has 0 unspecified atom stereocenters. The lowest BCUT2D eigenvalue weighted by molar-refractivity contribution is -0.136. The van der Waals surface area contributed by atoms with Gasteiger partial charge >= 0.3 is 5.97 Å². The minimum atomic E-state index is -0.610. The van der Waals surface area contributed by atoms with E-state index in [0.29, 0.717) is 16.2 Å². The van der Waals surface area contributed by atoms with Crippen molar-refractivity contribution in [3.63, 3.8) is 0 Å². The first-order chi connectivity index (χ1) is 11.0. The van der Waals surface area contributed by atoms with E-state index >= 15 is 0 Å². The van der Waals surface area contributed by atoms with Gasteiger partial charge in [0.1, 0.15) is 5.70 Å². The number of amides is 1. The Hall–Kier alpha value is -2.59. The highest BCUT2D eigenvalue weighted by Gasteiger charge is 2.18. The lowest BCUT2D eigenvalue weighted by atomic mass is 10.0. The number of nitrogens with one attached hydrogen (secondary N) is 1. The van der Waals surface area contributed by atoms with Crippen LogP contribution < -0.4 is 5.32 Å². The van der Waals surface area contributed by atoms with Crippen molar-refractivity contribution < 1.29 is 14.3 Å². The number of ether oxygens (including phenoxy) is 1. The first-order valence-corrected chi connectivity index (χ1v) is 7.32. The second-order valence-corrected chi connectivity index (χ2v) is 5.26. The first kappa shape index (κ1) is 16.8. The number of benzene rings is 2. The summed E-state index contributed by atoms with van der Waals surface area (Å²) in [6.07, 6.45) is 0.